The molecule has 0 aliphatic heterocycles. The molecule has 0 bridgehead atoms. The van der Waals surface area contributed by atoms with Gasteiger partial charge in [-0.3, -0.25) is 4.68 Å². The molecule has 46 heavy (non-hydrogen) atoms. The number of hydrogen-bond donors (Lipinski definition) is 0. The molecule has 0 spiro atoms. The van der Waals surface area contributed by atoms with E-state index in [-0.39, 0.29) is 26.9 Å². The van der Waals surface area contributed by atoms with Gasteiger partial charge in [-0.1, -0.05) is 23.7 Å². The minimum absolute atomic E-state index is 0. The first-order valence-corrected chi connectivity index (χ1v) is 14.4. The van der Waals surface area contributed by atoms with E-state index in [1.54, 1.807) is 23.1 Å². The van der Waals surface area contributed by atoms with Gasteiger partial charge >= 0.3 is 21.1 Å². The molecule has 0 aliphatic rings. The largest absolute Gasteiger partial charge is 2.00 e. The van der Waals surface area contributed by atoms with Gasteiger partial charge in [-0.05, 0) is 77.4 Å². The maximum absolute atomic E-state index is 14.3. The number of nitrogens with zero attached hydrogens (tertiary/aromatic N) is 4. The van der Waals surface area contributed by atoms with Crippen LogP contribution in [0.2, 0.25) is 0 Å². The van der Waals surface area contributed by atoms with Gasteiger partial charge in [-0.2, -0.15) is 17.2 Å². The second-order valence-corrected chi connectivity index (χ2v) is 10.9. The number of fused-ring (bicyclic) bond motifs is 3. The van der Waals surface area contributed by atoms with Crippen LogP contribution in [0.3, 0.4) is 0 Å². The number of benzene rings is 4. The number of pyridine rings is 1. The van der Waals surface area contributed by atoms with Crippen LogP contribution in [0, 0.1) is 38.7 Å². The first-order valence-electron chi connectivity index (χ1n) is 14.4. The molecule has 0 atom stereocenters. The van der Waals surface area contributed by atoms with E-state index in [9.17, 15) is 13.2 Å². The molecule has 0 fully saturated rings. The Morgan fingerprint density at radius 1 is 0.804 bits per heavy atom. The van der Waals surface area contributed by atoms with Gasteiger partial charge in [0.2, 0.25) is 0 Å². The summed E-state index contributed by atoms with van der Waals surface area (Å²) < 4.78 is 52.4. The monoisotopic (exact) mass is 795 g/mol. The van der Waals surface area contributed by atoms with Gasteiger partial charge in [-0.25, -0.2) is 18.2 Å². The third kappa shape index (κ3) is 5.31. The molecule has 0 aliphatic carbocycles. The first kappa shape index (κ1) is 31.3. The Labute approximate surface area is 278 Å². The van der Waals surface area contributed by atoms with E-state index < -0.39 is 13.3 Å². The van der Waals surface area contributed by atoms with Gasteiger partial charge in [0.1, 0.15) is 25.0 Å². The predicted molar refractivity (Wildman–Crippen MR) is 169 cm³/mol. The van der Waals surface area contributed by atoms with Gasteiger partial charge in [0.25, 0.3) is 0 Å². The van der Waals surface area contributed by atoms with E-state index in [4.69, 9.17) is 4.74 Å². The van der Waals surface area contributed by atoms with Crippen molar-refractivity contribution in [2.45, 2.75) is 34.1 Å². The third-order valence-corrected chi connectivity index (χ3v) is 8.49. The van der Waals surface area contributed by atoms with Gasteiger partial charge in [0.15, 0.2) is 0 Å². The van der Waals surface area contributed by atoms with Crippen LogP contribution >= 0.6 is 0 Å². The molecule has 232 valence electrons. The SMILES string of the molecule is Cc1c(C)c(CF)c(-c2cnn(-c3[c-]c(Oc4[c-]c5c(cc4)c4ccccc4n5-c4cc(F)ccn4)ccc3)c2)c(CF)c1C.[Pt+2]. The Hall–Kier alpha value is -4.68. The number of halogens is 3. The average Bonchev–Trinajstić information content (AvgIpc) is 3.67. The van der Waals surface area contributed by atoms with Crippen molar-refractivity contribution in [3.8, 4) is 34.1 Å². The molecule has 0 radical (unpaired) electrons. The van der Waals surface area contributed by atoms with E-state index in [0.717, 1.165) is 33.0 Å². The minimum Gasteiger partial charge on any atom is -0.509 e. The maximum atomic E-state index is 14.3. The van der Waals surface area contributed by atoms with Crippen LogP contribution in [0.15, 0.2) is 85.3 Å². The molecule has 0 amide bonds. The van der Waals surface area contributed by atoms with Crippen LogP contribution in [0.4, 0.5) is 13.2 Å². The van der Waals surface area contributed by atoms with Crippen LogP contribution in [-0.2, 0) is 34.4 Å². The molecular weight excluding hydrogens is 769 g/mol. The summed E-state index contributed by atoms with van der Waals surface area (Å²) >= 11 is 0. The summed E-state index contributed by atoms with van der Waals surface area (Å²) in [7, 11) is 0. The smallest absolute Gasteiger partial charge is 0.509 e. The van der Waals surface area contributed by atoms with Crippen molar-refractivity contribution in [2.24, 2.45) is 0 Å². The fraction of sp³-hybridized carbons (Fsp3) is 0.135. The standard InChI is InChI=1S/C37H27F3N4O.Pt/c1-22-23(2)32(18-38)37(33(19-39)24(22)3)25-20-42-43(21-25)27-7-6-8-28(16-27)45-29-11-12-31-30-9-4-5-10-34(30)44(35(31)17-29)36-15-26(40)13-14-41-36;/h4-15,20-21H,18-19H2,1-3H3;/q-2;+2. The van der Waals surface area contributed by atoms with Crippen LogP contribution in [-0.4, -0.2) is 19.3 Å². The number of aromatic nitrogens is 4. The number of hydrogen-bond acceptors (Lipinski definition) is 3. The van der Waals surface area contributed by atoms with Crippen LogP contribution in [0.25, 0.3) is 44.4 Å². The number of ether oxygens (including phenoxy) is 1. The molecule has 0 unspecified atom stereocenters. The Morgan fingerprint density at radius 3 is 2.28 bits per heavy atom. The van der Waals surface area contributed by atoms with Crippen molar-refractivity contribution in [1.29, 1.82) is 0 Å². The van der Waals surface area contributed by atoms with Crippen LogP contribution < -0.4 is 4.74 Å². The molecule has 4 aromatic carbocycles. The Kier molecular flexibility index (Phi) is 8.58. The Balaban J connectivity index is 0.00000372. The zero-order chi connectivity index (χ0) is 31.2. The van der Waals surface area contributed by atoms with Crippen molar-refractivity contribution >= 4 is 21.8 Å². The van der Waals surface area contributed by atoms with Crippen molar-refractivity contribution in [3.05, 3.63) is 131 Å². The zero-order valence-electron chi connectivity index (χ0n) is 25.1. The van der Waals surface area contributed by atoms with E-state index in [2.05, 4.69) is 22.2 Å². The molecule has 3 aromatic heterocycles. The molecule has 9 heteroatoms. The van der Waals surface area contributed by atoms with Gasteiger partial charge in [-0.15, -0.1) is 35.7 Å². The van der Waals surface area contributed by atoms with Crippen molar-refractivity contribution < 1.29 is 39.0 Å². The third-order valence-electron chi connectivity index (χ3n) is 8.49. The summed E-state index contributed by atoms with van der Waals surface area (Å²) in [6.07, 6.45) is 4.80. The molecule has 5 nitrogen and oxygen atoms in total. The van der Waals surface area contributed by atoms with Gasteiger partial charge in [0.05, 0.1) is 6.20 Å². The summed E-state index contributed by atoms with van der Waals surface area (Å²) in [5, 5.41) is 6.40. The van der Waals surface area contributed by atoms with Crippen LogP contribution in [0.5, 0.6) is 11.5 Å². The summed E-state index contributed by atoms with van der Waals surface area (Å²) in [6, 6.07) is 26.3. The normalized spacial score (nSPS) is 11.3. The molecule has 7 rings (SSSR count). The number of rotatable bonds is 7. The van der Waals surface area contributed by atoms with Crippen molar-refractivity contribution in [1.82, 2.24) is 19.3 Å². The summed E-state index contributed by atoms with van der Waals surface area (Å²) in [4.78, 5) is 4.41. The van der Waals surface area contributed by atoms with E-state index in [0.29, 0.717) is 50.8 Å². The molecule has 0 N–H and O–H groups in total. The second-order valence-electron chi connectivity index (χ2n) is 10.9. The first-order chi connectivity index (χ1) is 21.9. The molecule has 3 heterocycles. The quantitative estimate of drug-likeness (QED) is 0.151. The minimum atomic E-state index is -0.703. The number of para-hydroxylation sites is 1. The molecule has 7 aromatic rings. The topological polar surface area (TPSA) is 44.9 Å². The average molecular weight is 796 g/mol. The zero-order valence-corrected chi connectivity index (χ0v) is 27.4. The van der Waals surface area contributed by atoms with Gasteiger partial charge < -0.3 is 9.30 Å². The maximum Gasteiger partial charge on any atom is 2.00 e. The van der Waals surface area contributed by atoms with Crippen molar-refractivity contribution in [3.63, 3.8) is 0 Å². The van der Waals surface area contributed by atoms with Gasteiger partial charge in [0, 0.05) is 41.0 Å². The molecular formula is C37H27F3N4OPt. The van der Waals surface area contributed by atoms with Crippen LogP contribution in [0.1, 0.15) is 27.8 Å². The Bertz CT molecular complexity index is 2210. The van der Waals surface area contributed by atoms with E-state index in [1.165, 1.54) is 18.3 Å². The number of alkyl halides is 2. The summed E-state index contributed by atoms with van der Waals surface area (Å²) in [5.41, 5.74) is 6.79. The fourth-order valence-corrected chi connectivity index (χ4v) is 5.99. The molecule has 0 saturated heterocycles. The predicted octanol–water partition coefficient (Wildman–Crippen LogP) is 9.42. The van der Waals surface area contributed by atoms with Crippen molar-refractivity contribution in [2.75, 3.05) is 0 Å². The Morgan fingerprint density at radius 2 is 1.54 bits per heavy atom. The molecule has 0 saturated carbocycles. The second kappa shape index (κ2) is 12.6. The summed E-state index contributed by atoms with van der Waals surface area (Å²) in [5.74, 6) is 0.898. The summed E-state index contributed by atoms with van der Waals surface area (Å²) in [6.45, 7) is 4.22. The van der Waals surface area contributed by atoms with E-state index in [1.807, 2.05) is 73.9 Å². The fourth-order valence-electron chi connectivity index (χ4n) is 5.99. The van der Waals surface area contributed by atoms with E-state index >= 15 is 0 Å².